The third kappa shape index (κ3) is 10.1. The molecule has 0 unspecified atom stereocenters. The highest BCUT2D eigenvalue weighted by atomic mass is 16.3. The molecule has 2 aliphatic rings. The Morgan fingerprint density at radius 1 is 0.500 bits per heavy atom. The van der Waals surface area contributed by atoms with Crippen LogP contribution in [0, 0.1) is 0 Å². The van der Waals surface area contributed by atoms with Crippen LogP contribution >= 0.6 is 0 Å². The highest BCUT2D eigenvalue weighted by molar-refractivity contribution is 6.52. The molecular formula is C40H54O6. The molecule has 2 rings (SSSR count). The van der Waals surface area contributed by atoms with Gasteiger partial charge in [-0.15, -0.1) is 0 Å². The van der Waals surface area contributed by atoms with Crippen molar-refractivity contribution in [1.82, 2.24) is 0 Å². The molecule has 250 valence electrons. The third-order valence-corrected chi connectivity index (χ3v) is 8.44. The van der Waals surface area contributed by atoms with Crippen LogP contribution in [0.3, 0.4) is 0 Å². The van der Waals surface area contributed by atoms with Crippen molar-refractivity contribution < 1.29 is 29.4 Å². The second-order valence-corrected chi connectivity index (χ2v) is 13.1. The summed E-state index contributed by atoms with van der Waals surface area (Å²) >= 11 is 0. The number of rotatable bonds is 17. The van der Waals surface area contributed by atoms with Gasteiger partial charge in [0.1, 0.15) is 11.5 Å². The van der Waals surface area contributed by atoms with Crippen LogP contribution in [0.4, 0.5) is 0 Å². The highest BCUT2D eigenvalue weighted by Gasteiger charge is 2.42. The van der Waals surface area contributed by atoms with Crippen molar-refractivity contribution in [1.29, 1.82) is 0 Å². The van der Waals surface area contributed by atoms with E-state index in [2.05, 4.69) is 12.2 Å². The Hall–Kier alpha value is -3.80. The fraction of sp³-hybridized carbons (Fsp3) is 0.500. The Kier molecular flexibility index (Phi) is 15.3. The second kappa shape index (κ2) is 18.4. The van der Waals surface area contributed by atoms with Gasteiger partial charge in [0, 0.05) is 33.4 Å². The Morgan fingerprint density at radius 3 is 1.13 bits per heavy atom. The predicted octanol–water partition coefficient (Wildman–Crippen LogP) is 10.1. The van der Waals surface area contributed by atoms with Crippen molar-refractivity contribution in [2.24, 2.45) is 0 Å². The number of hydrogen-bond acceptors (Lipinski definition) is 6. The average Bonchev–Trinajstić information content (AvgIpc) is 3.00. The zero-order chi connectivity index (χ0) is 34.6. The number of Topliss-reactive ketones (excluding diaryl/α,β-unsaturated/α-hetero) is 4. The minimum absolute atomic E-state index is 0.0265. The molecule has 0 aromatic heterocycles. The van der Waals surface area contributed by atoms with E-state index in [1.165, 1.54) is 0 Å². The molecule has 0 radical (unpaired) electrons. The van der Waals surface area contributed by atoms with E-state index in [0.29, 0.717) is 25.7 Å². The van der Waals surface area contributed by atoms with Crippen LogP contribution in [0.1, 0.15) is 132 Å². The predicted molar refractivity (Wildman–Crippen MR) is 187 cm³/mol. The van der Waals surface area contributed by atoms with E-state index in [1.54, 1.807) is 0 Å². The Balaban J connectivity index is 2.89. The molecule has 0 aromatic carbocycles. The molecule has 2 aliphatic carbocycles. The smallest absolute Gasteiger partial charge is 0.233 e. The van der Waals surface area contributed by atoms with Gasteiger partial charge in [0.05, 0.1) is 0 Å². The lowest BCUT2D eigenvalue weighted by atomic mass is 9.75. The van der Waals surface area contributed by atoms with Gasteiger partial charge in [-0.3, -0.25) is 19.2 Å². The Labute approximate surface area is 276 Å². The number of aliphatic hydroxyl groups excluding tert-OH is 2. The van der Waals surface area contributed by atoms with Crippen molar-refractivity contribution in [2.45, 2.75) is 132 Å². The molecule has 0 spiro atoms. The molecule has 0 saturated heterocycles. The lowest BCUT2D eigenvalue weighted by Crippen LogP contribution is -2.31. The van der Waals surface area contributed by atoms with E-state index >= 15 is 0 Å². The van der Waals surface area contributed by atoms with Gasteiger partial charge in [0.2, 0.25) is 23.1 Å². The first-order chi connectivity index (χ1) is 21.8. The van der Waals surface area contributed by atoms with E-state index in [0.717, 1.165) is 48.0 Å². The molecule has 0 atom stereocenters. The largest absolute Gasteiger partial charge is 0.507 e. The molecule has 0 heterocycles. The van der Waals surface area contributed by atoms with E-state index in [1.807, 2.05) is 67.5 Å². The highest BCUT2D eigenvalue weighted by Crippen LogP contribution is 2.42. The van der Waals surface area contributed by atoms with Gasteiger partial charge in [-0.1, -0.05) is 86.1 Å². The zero-order valence-corrected chi connectivity index (χ0v) is 29.3. The second-order valence-electron chi connectivity index (χ2n) is 13.1. The first kappa shape index (κ1) is 38.4. The fourth-order valence-corrected chi connectivity index (χ4v) is 5.53. The first-order valence-corrected chi connectivity index (χ1v) is 16.8. The summed E-state index contributed by atoms with van der Waals surface area (Å²) < 4.78 is 0. The standard InChI is InChI=1S/C40H54O6/c1-9-11-13-15-29-33(35(41)31(39(45)37(29)43)23-21-27(7)19-17-25(3)4)34-30(16-14-12-10-2)38(44)40(46)32(36(34)42)24-22-28(8)20-18-26(5)6/h17-18,21-22,41-42H,9-16,19-20,23-24H2,1-8H3/b27-21-,28-22-. The number of unbranched alkanes of at least 4 members (excludes halogenated alkanes) is 4. The molecule has 2 N–H and O–H groups in total. The van der Waals surface area contributed by atoms with Gasteiger partial charge >= 0.3 is 0 Å². The number of allylic oxidation sites excluding steroid dienone is 14. The van der Waals surface area contributed by atoms with Gasteiger partial charge < -0.3 is 10.2 Å². The van der Waals surface area contributed by atoms with E-state index in [4.69, 9.17) is 0 Å². The first-order valence-electron chi connectivity index (χ1n) is 16.8. The number of carbonyl (C=O) groups is 4. The lowest BCUT2D eigenvalue weighted by Gasteiger charge is -2.28. The minimum Gasteiger partial charge on any atom is -0.507 e. The topological polar surface area (TPSA) is 109 Å². The quantitative estimate of drug-likeness (QED) is 0.0716. The monoisotopic (exact) mass is 630 g/mol. The number of aliphatic hydroxyl groups is 2. The van der Waals surface area contributed by atoms with Crippen molar-refractivity contribution in [3.8, 4) is 0 Å². The molecule has 0 saturated carbocycles. The van der Waals surface area contributed by atoms with Crippen molar-refractivity contribution >= 4 is 23.1 Å². The van der Waals surface area contributed by atoms with Crippen LogP contribution in [-0.4, -0.2) is 33.3 Å². The van der Waals surface area contributed by atoms with Crippen molar-refractivity contribution in [3.05, 3.63) is 91.6 Å². The van der Waals surface area contributed by atoms with E-state index in [9.17, 15) is 29.4 Å². The molecular weight excluding hydrogens is 576 g/mol. The minimum atomic E-state index is -0.771. The molecule has 46 heavy (non-hydrogen) atoms. The molecule has 0 aromatic rings. The molecule has 0 fully saturated rings. The number of hydrogen-bond donors (Lipinski definition) is 2. The van der Waals surface area contributed by atoms with Crippen LogP contribution in [0.15, 0.2) is 91.6 Å². The zero-order valence-electron chi connectivity index (χ0n) is 29.3. The summed E-state index contributed by atoms with van der Waals surface area (Å²) in [6, 6.07) is 0. The van der Waals surface area contributed by atoms with E-state index in [-0.39, 0.29) is 59.1 Å². The maximum absolute atomic E-state index is 13.8. The number of ketones is 4. The number of carbonyl (C=O) groups excluding carboxylic acids is 4. The molecule has 0 bridgehead atoms. The van der Waals surface area contributed by atoms with Gasteiger partial charge in [-0.2, -0.15) is 0 Å². The molecule has 0 amide bonds. The summed E-state index contributed by atoms with van der Waals surface area (Å²) in [5.41, 5.74) is 4.36. The normalized spacial score (nSPS) is 16.7. The summed E-state index contributed by atoms with van der Waals surface area (Å²) in [4.78, 5) is 54.4. The molecule has 6 nitrogen and oxygen atoms in total. The third-order valence-electron chi connectivity index (χ3n) is 8.44. The van der Waals surface area contributed by atoms with Crippen LogP contribution in [0.2, 0.25) is 0 Å². The van der Waals surface area contributed by atoms with Crippen LogP contribution in [0.25, 0.3) is 0 Å². The van der Waals surface area contributed by atoms with Gasteiger partial charge in [0.15, 0.2) is 0 Å². The van der Waals surface area contributed by atoms with Gasteiger partial charge in [-0.05, 0) is 92.9 Å². The molecule has 0 aliphatic heterocycles. The van der Waals surface area contributed by atoms with Crippen LogP contribution in [-0.2, 0) is 19.2 Å². The van der Waals surface area contributed by atoms with Crippen LogP contribution < -0.4 is 0 Å². The van der Waals surface area contributed by atoms with Crippen molar-refractivity contribution in [2.75, 3.05) is 0 Å². The van der Waals surface area contributed by atoms with Crippen molar-refractivity contribution in [3.63, 3.8) is 0 Å². The average molecular weight is 631 g/mol. The summed E-state index contributed by atoms with van der Waals surface area (Å²) in [7, 11) is 0. The SMILES string of the molecule is CCCCCC1=C(C2=C(CCCCC)C(=O)C(=O)C(C/C=C(/C)CC=C(C)C)=C2O)C(O)=C(C/C=C(/C)CC=C(C)C)C(=O)C1=O. The fourth-order valence-electron chi connectivity index (χ4n) is 5.53. The lowest BCUT2D eigenvalue weighted by molar-refractivity contribution is -0.132. The Morgan fingerprint density at radius 2 is 0.826 bits per heavy atom. The summed E-state index contributed by atoms with van der Waals surface area (Å²) in [5, 5.41) is 23.7. The summed E-state index contributed by atoms with van der Waals surface area (Å²) in [6.07, 6.45) is 14.1. The van der Waals surface area contributed by atoms with Gasteiger partial charge in [0.25, 0.3) is 0 Å². The van der Waals surface area contributed by atoms with Gasteiger partial charge in [-0.25, -0.2) is 0 Å². The molecule has 6 heteroatoms. The van der Waals surface area contributed by atoms with Crippen LogP contribution in [0.5, 0.6) is 0 Å². The Bertz CT molecular complexity index is 1360. The van der Waals surface area contributed by atoms with E-state index < -0.39 is 34.7 Å². The maximum Gasteiger partial charge on any atom is 0.233 e. The summed E-state index contributed by atoms with van der Waals surface area (Å²) in [5.74, 6) is -3.79. The summed E-state index contributed by atoms with van der Waals surface area (Å²) in [6.45, 7) is 15.9. The maximum atomic E-state index is 13.8.